The fourth-order valence-corrected chi connectivity index (χ4v) is 14.5. The number of benzene rings is 9. The maximum atomic E-state index is 12.7. The van der Waals surface area contributed by atoms with E-state index in [4.69, 9.17) is 23.7 Å². The van der Waals surface area contributed by atoms with E-state index in [9.17, 15) is 29.4 Å². The second-order valence-electron chi connectivity index (χ2n) is 27.0. The summed E-state index contributed by atoms with van der Waals surface area (Å²) in [5.74, 6) is 1.27. The lowest BCUT2D eigenvalue weighted by atomic mass is 9.98. The van der Waals surface area contributed by atoms with Crippen molar-refractivity contribution in [3.63, 3.8) is 0 Å². The molecule has 1 atom stereocenters. The molecule has 0 bridgehead atoms. The molecule has 1 amide bonds. The van der Waals surface area contributed by atoms with Crippen molar-refractivity contribution in [1.82, 2.24) is 19.9 Å². The second-order valence-corrected chi connectivity index (χ2v) is 27.0. The van der Waals surface area contributed by atoms with Crippen LogP contribution in [0, 0.1) is 39.9 Å². The van der Waals surface area contributed by atoms with Crippen LogP contribution in [0.5, 0.6) is 11.5 Å². The molecule has 3 aromatic heterocycles. The monoisotopic (exact) mass is 1400 g/mol. The van der Waals surface area contributed by atoms with E-state index in [1.165, 1.54) is 17.1 Å². The van der Waals surface area contributed by atoms with Crippen molar-refractivity contribution in [1.29, 1.82) is 15.8 Å². The Balaban J connectivity index is 0.000000127. The molecule has 0 radical (unpaired) electrons. The van der Waals surface area contributed by atoms with Gasteiger partial charge in [0.2, 0.25) is 5.91 Å². The Morgan fingerprint density at radius 3 is 1.36 bits per heavy atom. The lowest BCUT2D eigenvalue weighted by Gasteiger charge is -2.28. The van der Waals surface area contributed by atoms with Crippen molar-refractivity contribution in [2.75, 3.05) is 126 Å². The van der Waals surface area contributed by atoms with E-state index >= 15 is 0 Å². The smallest absolute Gasteiger partial charge is 0.251 e. The number of alkyl halides is 2. The highest BCUT2D eigenvalue weighted by Crippen LogP contribution is 2.40. The van der Waals surface area contributed by atoms with Crippen LogP contribution in [0.1, 0.15) is 36.0 Å². The Morgan fingerprint density at radius 1 is 0.495 bits per heavy atom. The van der Waals surface area contributed by atoms with Gasteiger partial charge in [-0.25, -0.2) is 8.78 Å². The van der Waals surface area contributed by atoms with Gasteiger partial charge < -0.3 is 58.7 Å². The van der Waals surface area contributed by atoms with Gasteiger partial charge in [-0.3, -0.25) is 9.69 Å². The number of morpholine rings is 3. The first-order chi connectivity index (χ1) is 51.5. The molecule has 4 N–H and O–H groups in total. The molecule has 105 heavy (non-hydrogen) atoms. The normalized spacial score (nSPS) is 16.0. The zero-order valence-corrected chi connectivity index (χ0v) is 58.3. The van der Waals surface area contributed by atoms with Crippen molar-refractivity contribution in [3.05, 3.63) is 217 Å². The number of H-pyrrole nitrogens is 3. The fraction of sp³-hybridized carbons (Fsp3) is 0.256. The number of ether oxygens (including phenoxy) is 5. The first-order valence-corrected chi connectivity index (χ1v) is 35.8. The Hall–Kier alpha value is -11.8. The molecule has 528 valence electrons. The number of nitrogens with one attached hydrogen (secondary N) is 4. The standard InChI is InChI=1S/C31H30F2N4O2.C29H26N4O2.C26H23N3O2/c32-31(33)20-36-11-10-25(19-36)39-30-9-6-22(16-23(30)18-34)26-2-1-3-28-27(26)17-29(35-28)21-4-7-24(8-5-21)37-12-14-38-15-13-37;30-18-22-16-21(8-11-26(22)32-29(34)20-4-5-20)24-2-1-3-27-25(24)17-28(31-27)19-6-9-23(10-7-19)33-12-14-35-15-13-33;1-30-22-14-18(17-27)13-20(15-22)23-3-2-4-25-24(23)16-26(28-25)19-5-7-21(8-6-19)29-9-11-31-12-10-29/h1-9,16-17,25,31,35H,10-15,19-20H2;1-3,6-11,16-17,20,31H,4-5,12-15H2,(H,32,34);2-8,13-16,28H,9-12H2,1H3/t25-;;/m1../s1. The highest BCUT2D eigenvalue weighted by atomic mass is 19.3. The minimum Gasteiger partial charge on any atom is -0.497 e. The van der Waals surface area contributed by atoms with E-state index in [2.05, 4.69) is 181 Å². The third kappa shape index (κ3) is 15.8. The van der Waals surface area contributed by atoms with E-state index < -0.39 is 6.43 Å². The van der Waals surface area contributed by atoms with Crippen molar-refractivity contribution in [2.24, 2.45) is 5.92 Å². The quantitative estimate of drug-likeness (QED) is 0.0711. The summed E-state index contributed by atoms with van der Waals surface area (Å²) < 4.78 is 53.3. The van der Waals surface area contributed by atoms with Crippen LogP contribution in [-0.4, -0.2) is 144 Å². The molecule has 4 saturated heterocycles. The number of carbonyl (C=O) groups excluding carboxylic acids is 1. The number of halogens is 2. The van der Waals surface area contributed by atoms with Crippen LogP contribution < -0.4 is 29.5 Å². The molecule has 17 nitrogen and oxygen atoms in total. The molecule has 19 heteroatoms. The minimum absolute atomic E-state index is 0.00580. The highest BCUT2D eigenvalue weighted by molar-refractivity contribution is 6.02. The summed E-state index contributed by atoms with van der Waals surface area (Å²) in [6, 6.07) is 74.5. The molecule has 12 aromatic rings. The van der Waals surface area contributed by atoms with Gasteiger partial charge in [-0.2, -0.15) is 15.8 Å². The Kier molecular flexibility index (Phi) is 20.7. The van der Waals surface area contributed by atoms with Gasteiger partial charge in [0.05, 0.1) is 81.7 Å². The summed E-state index contributed by atoms with van der Waals surface area (Å²) in [6.07, 6.45) is -0.0343. The number of fused-ring (bicyclic) bond motifs is 3. The molecule has 5 aliphatic rings. The maximum Gasteiger partial charge on any atom is 0.251 e. The number of aromatic amines is 3. The third-order valence-corrected chi connectivity index (χ3v) is 20.2. The van der Waals surface area contributed by atoms with Gasteiger partial charge in [0.1, 0.15) is 29.7 Å². The Bertz CT molecular complexity index is 5220. The zero-order valence-electron chi connectivity index (χ0n) is 58.3. The third-order valence-electron chi connectivity index (χ3n) is 20.2. The molecule has 4 aliphatic heterocycles. The van der Waals surface area contributed by atoms with Crippen molar-refractivity contribution >= 4 is 61.4 Å². The van der Waals surface area contributed by atoms with Crippen molar-refractivity contribution in [3.8, 4) is 96.9 Å². The van der Waals surface area contributed by atoms with Crippen LogP contribution in [0.25, 0.3) is 99.9 Å². The number of aromatic nitrogens is 3. The topological polar surface area (TPSA) is 207 Å². The predicted octanol–water partition coefficient (Wildman–Crippen LogP) is 16.7. The minimum atomic E-state index is -2.36. The average molecular weight is 1400 g/mol. The molecular formula is C86H79F2N11O6. The SMILES string of the molecule is COc1cc(C#N)cc(-c2cccc3[nH]c(-c4ccc(N5CCOCC5)cc4)cc23)c1.N#Cc1cc(-c2cccc3[nH]c(-c4ccc(N5CCOCC5)cc4)cc23)ccc1NC(=O)C1CC1.N#Cc1cc(-c2cccc3[nH]c(-c4ccc(N5CCOCC5)cc4)cc23)ccc1O[C@@H]1CCN(CC(F)F)C1. The first kappa shape index (κ1) is 69.0. The van der Waals surface area contributed by atoms with Gasteiger partial charge in [-0.05, 0) is 185 Å². The van der Waals surface area contributed by atoms with Gasteiger partial charge in [-0.15, -0.1) is 0 Å². The number of likely N-dealkylation sites (tertiary alicyclic amines) is 1. The molecule has 9 aromatic carbocycles. The molecule has 5 fully saturated rings. The van der Waals surface area contributed by atoms with Crippen molar-refractivity contribution < 1.29 is 37.3 Å². The van der Waals surface area contributed by atoms with Gasteiger partial charge in [0.15, 0.2) is 0 Å². The number of carbonyl (C=O) groups is 1. The van der Waals surface area contributed by atoms with Crippen LogP contribution in [0.3, 0.4) is 0 Å². The van der Waals surface area contributed by atoms with Gasteiger partial charge >= 0.3 is 0 Å². The number of nitrogens with zero attached hydrogens (tertiary/aromatic N) is 7. The number of methoxy groups -OCH3 is 1. The number of hydrogen-bond acceptors (Lipinski definition) is 13. The molecular weight excluding hydrogens is 1320 g/mol. The van der Waals surface area contributed by atoms with Crippen LogP contribution in [0.4, 0.5) is 31.5 Å². The van der Waals surface area contributed by atoms with E-state index in [-0.39, 0.29) is 24.5 Å². The summed E-state index contributed by atoms with van der Waals surface area (Å²) in [5.41, 5.74) is 21.3. The Morgan fingerprint density at radius 2 is 0.933 bits per heavy atom. The van der Waals surface area contributed by atoms with Gasteiger partial charge in [-0.1, -0.05) is 84.9 Å². The fourth-order valence-electron chi connectivity index (χ4n) is 14.5. The van der Waals surface area contributed by atoms with Crippen LogP contribution in [-0.2, 0) is 19.0 Å². The summed E-state index contributed by atoms with van der Waals surface area (Å²) in [6.45, 7) is 10.9. The van der Waals surface area contributed by atoms with Crippen LogP contribution >= 0.6 is 0 Å². The summed E-state index contributed by atoms with van der Waals surface area (Å²) >= 11 is 0. The van der Waals surface area contributed by atoms with Crippen molar-refractivity contribution in [2.45, 2.75) is 31.8 Å². The molecule has 0 spiro atoms. The van der Waals surface area contributed by atoms with E-state index in [1.807, 2.05) is 66.7 Å². The van der Waals surface area contributed by atoms with E-state index in [1.54, 1.807) is 18.1 Å². The molecule has 17 rings (SSSR count). The largest absolute Gasteiger partial charge is 0.497 e. The number of rotatable bonds is 16. The van der Waals surface area contributed by atoms with Gasteiger partial charge in [0.25, 0.3) is 6.43 Å². The number of amides is 1. The number of anilines is 4. The lowest BCUT2D eigenvalue weighted by molar-refractivity contribution is -0.117. The molecule has 0 unspecified atom stereocenters. The summed E-state index contributed by atoms with van der Waals surface area (Å²) in [5, 5.41) is 35.2. The molecule has 7 heterocycles. The molecule has 1 aliphatic carbocycles. The summed E-state index contributed by atoms with van der Waals surface area (Å²) in [7, 11) is 1.62. The maximum absolute atomic E-state index is 12.7. The van der Waals surface area contributed by atoms with Gasteiger partial charge in [0, 0.05) is 125 Å². The first-order valence-electron chi connectivity index (χ1n) is 35.8. The average Bonchev–Trinajstić information content (AvgIpc) is 1.68. The number of nitriles is 3. The Labute approximate surface area is 608 Å². The predicted molar refractivity (Wildman–Crippen MR) is 410 cm³/mol. The van der Waals surface area contributed by atoms with E-state index in [0.29, 0.717) is 53.4 Å². The lowest BCUT2D eigenvalue weighted by Crippen LogP contribution is -2.36. The van der Waals surface area contributed by atoms with E-state index in [0.717, 1.165) is 192 Å². The number of hydrogen-bond donors (Lipinski definition) is 4. The zero-order chi connectivity index (χ0) is 71.8. The van der Waals surface area contributed by atoms with Crippen LogP contribution in [0.2, 0.25) is 0 Å². The highest BCUT2D eigenvalue weighted by Gasteiger charge is 2.31. The second kappa shape index (κ2) is 31.5. The molecule has 1 saturated carbocycles. The summed E-state index contributed by atoms with van der Waals surface area (Å²) in [4.78, 5) is 31.6. The van der Waals surface area contributed by atoms with Crippen LogP contribution in [0.15, 0.2) is 200 Å².